The molecule has 1 saturated heterocycles. The number of likely N-dealkylation sites (N-methyl/N-ethyl adjacent to an activating group) is 1. The molecular weight excluding hydrogens is 210 g/mol. The molecule has 0 radical (unpaired) electrons. The van der Waals surface area contributed by atoms with Crippen LogP contribution in [0.1, 0.15) is 26.8 Å². The van der Waals surface area contributed by atoms with Gasteiger partial charge in [0.15, 0.2) is 0 Å². The normalized spacial score (nSPS) is 15.6. The van der Waals surface area contributed by atoms with Gasteiger partial charge < -0.3 is 9.80 Å². The van der Waals surface area contributed by atoms with Gasteiger partial charge in [-0.25, -0.2) is 4.98 Å². The third kappa shape index (κ3) is 4.73. The maximum Gasteiger partial charge on any atom is 0.128 e. The van der Waals surface area contributed by atoms with Crippen molar-refractivity contribution in [3.8, 4) is 0 Å². The quantitative estimate of drug-likeness (QED) is 0.748. The Labute approximate surface area is 106 Å². The van der Waals surface area contributed by atoms with Gasteiger partial charge in [-0.15, -0.1) is 0 Å². The largest absolute Gasteiger partial charge is 0.354 e. The van der Waals surface area contributed by atoms with Crippen molar-refractivity contribution in [1.29, 1.82) is 0 Å². The Kier molecular flexibility index (Phi) is 7.55. The van der Waals surface area contributed by atoms with Gasteiger partial charge in [-0.3, -0.25) is 0 Å². The van der Waals surface area contributed by atoms with E-state index in [4.69, 9.17) is 0 Å². The van der Waals surface area contributed by atoms with E-state index in [1.165, 1.54) is 5.56 Å². The molecule has 1 aliphatic rings. The van der Waals surface area contributed by atoms with Gasteiger partial charge in [-0.1, -0.05) is 27.3 Å². The predicted octanol–water partition coefficient (Wildman–Crippen LogP) is 2.80. The molecule has 0 spiro atoms. The molecule has 3 heteroatoms. The third-order valence-electron chi connectivity index (χ3n) is 2.72. The predicted molar refractivity (Wildman–Crippen MR) is 76.8 cm³/mol. The summed E-state index contributed by atoms with van der Waals surface area (Å²) < 4.78 is 0. The van der Waals surface area contributed by atoms with Crippen LogP contribution in [0.3, 0.4) is 0 Å². The molecule has 1 aliphatic heterocycles. The highest BCUT2D eigenvalue weighted by Crippen LogP contribution is 2.12. The van der Waals surface area contributed by atoms with Crippen LogP contribution in [0.5, 0.6) is 0 Å². The standard InChI is InChI=1S/C11H17N3.C2H6.CH4/c1-10-3-4-11(12-9-10)14-7-5-13(2)6-8-14;1-2;/h3-4,9H,5-8H2,1-2H3;1-2H3;1H4. The van der Waals surface area contributed by atoms with Crippen LogP contribution in [0.4, 0.5) is 5.82 Å². The SMILES string of the molecule is C.CC.Cc1ccc(N2CCN(C)CC2)nc1. The minimum Gasteiger partial charge on any atom is -0.354 e. The average Bonchev–Trinajstić information content (AvgIpc) is 2.34. The first-order chi connectivity index (χ1) is 7.75. The Bertz CT molecular complexity index is 287. The van der Waals surface area contributed by atoms with Crippen molar-refractivity contribution in [3.63, 3.8) is 0 Å². The minimum atomic E-state index is 0. The fourth-order valence-electron chi connectivity index (χ4n) is 1.68. The zero-order chi connectivity index (χ0) is 12.0. The summed E-state index contributed by atoms with van der Waals surface area (Å²) in [5.74, 6) is 1.11. The van der Waals surface area contributed by atoms with E-state index in [-0.39, 0.29) is 7.43 Å². The topological polar surface area (TPSA) is 19.4 Å². The number of hydrogen-bond acceptors (Lipinski definition) is 3. The van der Waals surface area contributed by atoms with Gasteiger partial charge >= 0.3 is 0 Å². The molecule has 0 saturated carbocycles. The maximum absolute atomic E-state index is 4.43. The van der Waals surface area contributed by atoms with Gasteiger partial charge in [0, 0.05) is 32.4 Å². The number of aromatic nitrogens is 1. The minimum absolute atomic E-state index is 0. The zero-order valence-corrected chi connectivity index (χ0v) is 10.9. The summed E-state index contributed by atoms with van der Waals surface area (Å²) >= 11 is 0. The lowest BCUT2D eigenvalue weighted by molar-refractivity contribution is 0.312. The summed E-state index contributed by atoms with van der Waals surface area (Å²) in [6.07, 6.45) is 1.94. The molecule has 2 heterocycles. The molecule has 0 atom stereocenters. The molecular formula is C14H27N3. The van der Waals surface area contributed by atoms with Crippen molar-refractivity contribution >= 4 is 5.82 Å². The third-order valence-corrected chi connectivity index (χ3v) is 2.72. The van der Waals surface area contributed by atoms with E-state index in [1.54, 1.807) is 0 Å². The Hall–Kier alpha value is -1.09. The second kappa shape index (κ2) is 8.07. The van der Waals surface area contributed by atoms with Gasteiger partial charge in [-0.2, -0.15) is 0 Å². The molecule has 0 bridgehead atoms. The number of nitrogens with zero attached hydrogens (tertiary/aromatic N) is 3. The fourth-order valence-corrected chi connectivity index (χ4v) is 1.68. The van der Waals surface area contributed by atoms with Crippen LogP contribution in [-0.2, 0) is 0 Å². The lowest BCUT2D eigenvalue weighted by Crippen LogP contribution is -2.44. The molecule has 1 aromatic rings. The summed E-state index contributed by atoms with van der Waals surface area (Å²) in [6.45, 7) is 10.5. The average molecular weight is 237 g/mol. The van der Waals surface area contributed by atoms with E-state index < -0.39 is 0 Å². The number of piperazine rings is 1. The first-order valence-corrected chi connectivity index (χ1v) is 6.12. The summed E-state index contributed by atoms with van der Waals surface area (Å²) in [5.41, 5.74) is 1.22. The van der Waals surface area contributed by atoms with Crippen LogP contribution >= 0.6 is 0 Å². The molecule has 2 rings (SSSR count). The number of rotatable bonds is 1. The molecule has 0 unspecified atom stereocenters. The number of aryl methyl sites for hydroxylation is 1. The van der Waals surface area contributed by atoms with Crippen LogP contribution in [0.2, 0.25) is 0 Å². The monoisotopic (exact) mass is 237 g/mol. The summed E-state index contributed by atoms with van der Waals surface area (Å²) in [4.78, 5) is 9.13. The summed E-state index contributed by atoms with van der Waals surface area (Å²) in [7, 11) is 2.17. The van der Waals surface area contributed by atoms with Gasteiger partial charge in [0.1, 0.15) is 5.82 Å². The molecule has 17 heavy (non-hydrogen) atoms. The van der Waals surface area contributed by atoms with Crippen molar-refractivity contribution in [2.75, 3.05) is 38.1 Å². The Morgan fingerprint density at radius 2 is 1.65 bits per heavy atom. The van der Waals surface area contributed by atoms with Gasteiger partial charge in [-0.05, 0) is 25.6 Å². The van der Waals surface area contributed by atoms with Gasteiger partial charge in [0.25, 0.3) is 0 Å². The van der Waals surface area contributed by atoms with Crippen molar-refractivity contribution in [3.05, 3.63) is 23.9 Å². The summed E-state index contributed by atoms with van der Waals surface area (Å²) in [6, 6.07) is 4.24. The van der Waals surface area contributed by atoms with Crippen LogP contribution < -0.4 is 4.90 Å². The molecule has 3 nitrogen and oxygen atoms in total. The number of hydrogen-bond donors (Lipinski definition) is 0. The van der Waals surface area contributed by atoms with E-state index in [0.29, 0.717) is 0 Å². The molecule has 0 aromatic carbocycles. The van der Waals surface area contributed by atoms with Crippen molar-refractivity contribution in [1.82, 2.24) is 9.88 Å². The van der Waals surface area contributed by atoms with Crippen molar-refractivity contribution in [2.45, 2.75) is 28.2 Å². The van der Waals surface area contributed by atoms with Crippen LogP contribution in [0, 0.1) is 6.92 Å². The Morgan fingerprint density at radius 3 is 2.12 bits per heavy atom. The molecule has 0 amide bonds. The van der Waals surface area contributed by atoms with Crippen LogP contribution in [-0.4, -0.2) is 43.1 Å². The number of pyridine rings is 1. The first kappa shape index (κ1) is 15.9. The van der Waals surface area contributed by atoms with Crippen molar-refractivity contribution in [2.24, 2.45) is 0 Å². The van der Waals surface area contributed by atoms with E-state index >= 15 is 0 Å². The lowest BCUT2D eigenvalue weighted by atomic mass is 10.3. The second-order valence-corrected chi connectivity index (χ2v) is 3.98. The Balaban J connectivity index is 0.000000811. The fraction of sp³-hybridized carbons (Fsp3) is 0.643. The molecule has 1 aromatic heterocycles. The highest BCUT2D eigenvalue weighted by Gasteiger charge is 2.14. The Morgan fingerprint density at radius 1 is 1.06 bits per heavy atom. The van der Waals surface area contributed by atoms with Crippen molar-refractivity contribution < 1.29 is 0 Å². The first-order valence-electron chi connectivity index (χ1n) is 6.12. The smallest absolute Gasteiger partial charge is 0.128 e. The van der Waals surface area contributed by atoms with E-state index in [9.17, 15) is 0 Å². The van der Waals surface area contributed by atoms with E-state index in [0.717, 1.165) is 32.0 Å². The van der Waals surface area contributed by atoms with Gasteiger partial charge in [0.05, 0.1) is 0 Å². The molecule has 98 valence electrons. The lowest BCUT2D eigenvalue weighted by Gasteiger charge is -2.33. The number of anilines is 1. The highest BCUT2D eigenvalue weighted by molar-refractivity contribution is 5.39. The van der Waals surface area contributed by atoms with E-state index in [2.05, 4.69) is 40.9 Å². The summed E-state index contributed by atoms with van der Waals surface area (Å²) in [5, 5.41) is 0. The second-order valence-electron chi connectivity index (χ2n) is 3.98. The molecule has 0 aliphatic carbocycles. The van der Waals surface area contributed by atoms with Gasteiger partial charge in [0.2, 0.25) is 0 Å². The maximum atomic E-state index is 4.43. The van der Waals surface area contributed by atoms with E-state index in [1.807, 2.05) is 20.0 Å². The highest BCUT2D eigenvalue weighted by atomic mass is 15.3. The molecule has 1 fully saturated rings. The van der Waals surface area contributed by atoms with Crippen LogP contribution in [0.15, 0.2) is 18.3 Å². The molecule has 0 N–H and O–H groups in total. The van der Waals surface area contributed by atoms with Crippen LogP contribution in [0.25, 0.3) is 0 Å². The zero-order valence-electron chi connectivity index (χ0n) is 10.9.